The number of benzene rings is 1. The second-order valence-electron chi connectivity index (χ2n) is 3.98. The number of amides is 1. The Morgan fingerprint density at radius 1 is 1.30 bits per heavy atom. The molecule has 20 heavy (non-hydrogen) atoms. The number of nitrogens with zero attached hydrogens (tertiary/aromatic N) is 1. The summed E-state index contributed by atoms with van der Waals surface area (Å²) in [5.74, 6) is 0.423. The van der Waals surface area contributed by atoms with Crippen LogP contribution in [0.4, 0.5) is 5.69 Å². The van der Waals surface area contributed by atoms with Crippen LogP contribution < -0.4 is 15.8 Å². The van der Waals surface area contributed by atoms with Gasteiger partial charge in [0.1, 0.15) is 17.3 Å². The summed E-state index contributed by atoms with van der Waals surface area (Å²) in [6.07, 6.45) is 3.12. The molecule has 6 heteroatoms. The molecule has 0 spiro atoms. The SMILES string of the molecule is NC(=S)COc1ccc(NC(=O)c2cccnc2)cc1. The van der Waals surface area contributed by atoms with Crippen molar-refractivity contribution in [3.8, 4) is 5.75 Å². The van der Waals surface area contributed by atoms with E-state index < -0.39 is 0 Å². The molecule has 0 atom stereocenters. The molecule has 1 heterocycles. The molecule has 0 saturated heterocycles. The van der Waals surface area contributed by atoms with Gasteiger partial charge < -0.3 is 15.8 Å². The van der Waals surface area contributed by atoms with Crippen LogP contribution in [-0.2, 0) is 0 Å². The maximum absolute atomic E-state index is 11.9. The summed E-state index contributed by atoms with van der Waals surface area (Å²) in [6.45, 7) is 0.191. The van der Waals surface area contributed by atoms with Gasteiger partial charge in [-0.05, 0) is 36.4 Å². The van der Waals surface area contributed by atoms with E-state index in [9.17, 15) is 4.79 Å². The van der Waals surface area contributed by atoms with Gasteiger partial charge in [-0.25, -0.2) is 0 Å². The first kappa shape index (κ1) is 14.0. The number of aromatic nitrogens is 1. The first-order valence-corrected chi connectivity index (χ1v) is 6.28. The molecule has 0 aliphatic heterocycles. The Balaban J connectivity index is 1.97. The molecule has 0 unspecified atom stereocenters. The van der Waals surface area contributed by atoms with Crippen molar-refractivity contribution in [2.45, 2.75) is 0 Å². The molecule has 2 rings (SSSR count). The predicted molar refractivity (Wildman–Crippen MR) is 80.9 cm³/mol. The molecule has 0 fully saturated rings. The van der Waals surface area contributed by atoms with E-state index in [0.717, 1.165) is 0 Å². The van der Waals surface area contributed by atoms with Crippen LogP contribution >= 0.6 is 12.2 Å². The van der Waals surface area contributed by atoms with Gasteiger partial charge in [0.2, 0.25) is 0 Å². The van der Waals surface area contributed by atoms with Crippen molar-refractivity contribution < 1.29 is 9.53 Å². The summed E-state index contributed by atoms with van der Waals surface area (Å²) >= 11 is 4.72. The standard InChI is InChI=1S/C14H13N3O2S/c15-13(20)9-19-12-5-3-11(4-6-12)17-14(18)10-2-1-7-16-8-10/h1-8H,9H2,(H2,15,20)(H,17,18). The van der Waals surface area contributed by atoms with Crippen molar-refractivity contribution in [3.05, 3.63) is 54.4 Å². The number of thiocarbonyl (C=S) groups is 1. The van der Waals surface area contributed by atoms with Crippen molar-refractivity contribution in [1.29, 1.82) is 0 Å². The monoisotopic (exact) mass is 287 g/mol. The molecule has 1 amide bonds. The minimum atomic E-state index is -0.213. The van der Waals surface area contributed by atoms with Crippen molar-refractivity contribution in [2.75, 3.05) is 11.9 Å². The Hall–Kier alpha value is -2.47. The van der Waals surface area contributed by atoms with Gasteiger partial charge in [-0.3, -0.25) is 9.78 Å². The minimum absolute atomic E-state index is 0.191. The molecule has 0 bridgehead atoms. The summed E-state index contributed by atoms with van der Waals surface area (Å²) in [7, 11) is 0. The van der Waals surface area contributed by atoms with Crippen molar-refractivity contribution in [1.82, 2.24) is 4.98 Å². The van der Waals surface area contributed by atoms with Gasteiger partial charge in [-0.15, -0.1) is 0 Å². The Kier molecular flexibility index (Phi) is 4.62. The first-order valence-electron chi connectivity index (χ1n) is 5.88. The highest BCUT2D eigenvalue weighted by Crippen LogP contribution is 2.16. The summed E-state index contributed by atoms with van der Waals surface area (Å²) in [4.78, 5) is 16.1. The van der Waals surface area contributed by atoms with Crippen LogP contribution in [0.15, 0.2) is 48.8 Å². The smallest absolute Gasteiger partial charge is 0.257 e. The van der Waals surface area contributed by atoms with Gasteiger partial charge in [0.25, 0.3) is 5.91 Å². The Morgan fingerprint density at radius 3 is 2.65 bits per heavy atom. The topological polar surface area (TPSA) is 77.2 Å². The molecular weight excluding hydrogens is 274 g/mol. The van der Waals surface area contributed by atoms with Gasteiger partial charge in [-0.2, -0.15) is 0 Å². The maximum Gasteiger partial charge on any atom is 0.257 e. The third-order valence-electron chi connectivity index (χ3n) is 2.42. The third kappa shape index (κ3) is 4.03. The fourth-order valence-corrected chi connectivity index (χ4v) is 1.55. The number of pyridine rings is 1. The second-order valence-corrected chi connectivity index (χ2v) is 4.50. The van der Waals surface area contributed by atoms with Gasteiger partial charge in [-0.1, -0.05) is 12.2 Å². The van der Waals surface area contributed by atoms with Gasteiger partial charge in [0, 0.05) is 18.1 Å². The molecule has 3 N–H and O–H groups in total. The van der Waals surface area contributed by atoms with Crippen LogP contribution in [0.3, 0.4) is 0 Å². The van der Waals surface area contributed by atoms with Crippen LogP contribution in [0.2, 0.25) is 0 Å². The Labute approximate surface area is 121 Å². The van der Waals surface area contributed by atoms with Gasteiger partial charge >= 0.3 is 0 Å². The number of nitrogens with one attached hydrogen (secondary N) is 1. The number of carbonyl (C=O) groups excluding carboxylic acids is 1. The van der Waals surface area contributed by atoms with E-state index in [4.69, 9.17) is 22.7 Å². The normalized spacial score (nSPS) is 9.80. The van der Waals surface area contributed by atoms with Crippen molar-refractivity contribution >= 4 is 28.8 Å². The van der Waals surface area contributed by atoms with Crippen LogP contribution in [0.5, 0.6) is 5.75 Å². The van der Waals surface area contributed by atoms with Crippen LogP contribution in [0.1, 0.15) is 10.4 Å². The molecule has 1 aromatic carbocycles. The molecule has 0 radical (unpaired) electrons. The highest BCUT2D eigenvalue weighted by Gasteiger charge is 2.05. The number of ether oxygens (including phenoxy) is 1. The molecule has 2 aromatic rings. The van der Waals surface area contributed by atoms with Crippen LogP contribution in [0, 0.1) is 0 Å². The lowest BCUT2D eigenvalue weighted by molar-refractivity contribution is 0.102. The van der Waals surface area contributed by atoms with Crippen molar-refractivity contribution in [3.63, 3.8) is 0 Å². The van der Waals surface area contributed by atoms with Gasteiger partial charge in [0.05, 0.1) is 5.56 Å². The molecule has 0 aliphatic carbocycles. The van der Waals surface area contributed by atoms with E-state index >= 15 is 0 Å². The first-order chi connectivity index (χ1) is 9.65. The summed E-state index contributed by atoms with van der Waals surface area (Å²) in [5, 5.41) is 2.77. The van der Waals surface area contributed by atoms with E-state index in [0.29, 0.717) is 22.0 Å². The lowest BCUT2D eigenvalue weighted by atomic mass is 10.2. The number of carbonyl (C=O) groups is 1. The lowest BCUT2D eigenvalue weighted by Crippen LogP contribution is -2.17. The molecule has 0 saturated carbocycles. The number of hydrogen-bond donors (Lipinski definition) is 2. The zero-order chi connectivity index (χ0) is 14.4. The summed E-state index contributed by atoms with van der Waals surface area (Å²) in [6, 6.07) is 10.4. The summed E-state index contributed by atoms with van der Waals surface area (Å²) in [5.41, 5.74) is 6.51. The molecule has 0 aliphatic rings. The molecule has 102 valence electrons. The van der Waals surface area contributed by atoms with Crippen LogP contribution in [-0.4, -0.2) is 22.5 Å². The quantitative estimate of drug-likeness (QED) is 0.822. The zero-order valence-electron chi connectivity index (χ0n) is 10.6. The van der Waals surface area contributed by atoms with E-state index in [1.165, 1.54) is 6.20 Å². The summed E-state index contributed by atoms with van der Waals surface area (Å²) < 4.78 is 5.32. The fraction of sp³-hybridized carbons (Fsp3) is 0.0714. The zero-order valence-corrected chi connectivity index (χ0v) is 11.4. The maximum atomic E-state index is 11.9. The highest BCUT2D eigenvalue weighted by molar-refractivity contribution is 7.80. The van der Waals surface area contributed by atoms with Crippen LogP contribution in [0.25, 0.3) is 0 Å². The number of rotatable bonds is 5. The number of nitrogens with two attached hydrogens (primary N) is 1. The van der Waals surface area contributed by atoms with Gasteiger partial charge in [0.15, 0.2) is 0 Å². The Bertz CT molecular complexity index is 600. The fourth-order valence-electron chi connectivity index (χ4n) is 1.49. The average molecular weight is 287 g/mol. The van der Waals surface area contributed by atoms with Crippen molar-refractivity contribution in [2.24, 2.45) is 5.73 Å². The Morgan fingerprint density at radius 2 is 2.05 bits per heavy atom. The molecular formula is C14H13N3O2S. The average Bonchev–Trinajstić information content (AvgIpc) is 2.47. The predicted octanol–water partition coefficient (Wildman–Crippen LogP) is 2.00. The highest BCUT2D eigenvalue weighted by atomic mass is 32.1. The van der Waals surface area contributed by atoms with E-state index in [-0.39, 0.29) is 12.5 Å². The number of anilines is 1. The number of hydrogen-bond acceptors (Lipinski definition) is 4. The second kappa shape index (κ2) is 6.63. The minimum Gasteiger partial charge on any atom is -0.487 e. The van der Waals surface area contributed by atoms with E-state index in [1.54, 1.807) is 42.6 Å². The largest absolute Gasteiger partial charge is 0.487 e. The third-order valence-corrected chi connectivity index (χ3v) is 2.53. The van der Waals surface area contributed by atoms with E-state index in [2.05, 4.69) is 10.3 Å². The lowest BCUT2D eigenvalue weighted by Gasteiger charge is -2.07. The molecule has 1 aromatic heterocycles. The molecule has 5 nitrogen and oxygen atoms in total. The van der Waals surface area contributed by atoms with E-state index in [1.807, 2.05) is 0 Å².